The third-order valence-electron chi connectivity index (χ3n) is 2.28. The van der Waals surface area contributed by atoms with E-state index in [0.717, 1.165) is 0 Å². The van der Waals surface area contributed by atoms with E-state index in [1.807, 2.05) is 0 Å². The second-order valence-electron chi connectivity index (χ2n) is 3.41. The molecule has 1 heterocycles. The molecule has 0 aliphatic rings. The lowest BCUT2D eigenvalue weighted by molar-refractivity contribution is 0.0693. The molecule has 5 heteroatoms. The van der Waals surface area contributed by atoms with E-state index in [-0.39, 0.29) is 11.4 Å². The van der Waals surface area contributed by atoms with E-state index in [1.54, 1.807) is 30.3 Å². The summed E-state index contributed by atoms with van der Waals surface area (Å²) in [5.41, 5.74) is 0.00315. The summed E-state index contributed by atoms with van der Waals surface area (Å²) in [5, 5.41) is 9.02. The van der Waals surface area contributed by atoms with Gasteiger partial charge in [-0.1, -0.05) is 12.1 Å². The van der Waals surface area contributed by atoms with Gasteiger partial charge in [0.2, 0.25) is 5.88 Å². The summed E-state index contributed by atoms with van der Waals surface area (Å²) < 4.78 is 10.6. The van der Waals surface area contributed by atoms with Crippen LogP contribution in [0.4, 0.5) is 0 Å². The van der Waals surface area contributed by atoms with Crippen LogP contribution in [-0.4, -0.2) is 23.2 Å². The van der Waals surface area contributed by atoms with Crippen LogP contribution in [-0.2, 0) is 0 Å². The fourth-order valence-electron chi connectivity index (χ4n) is 1.44. The quantitative estimate of drug-likeness (QED) is 0.896. The fourth-order valence-corrected chi connectivity index (χ4v) is 1.44. The van der Waals surface area contributed by atoms with Crippen molar-refractivity contribution in [2.45, 2.75) is 0 Å². The molecule has 0 bridgehead atoms. The SMILES string of the molecule is COc1ccccc1Oc1ncccc1C(=O)O. The van der Waals surface area contributed by atoms with E-state index in [0.29, 0.717) is 11.5 Å². The Balaban J connectivity index is 2.37. The van der Waals surface area contributed by atoms with Crippen molar-refractivity contribution >= 4 is 5.97 Å². The summed E-state index contributed by atoms with van der Waals surface area (Å²) in [4.78, 5) is 14.9. The lowest BCUT2D eigenvalue weighted by atomic mass is 10.2. The molecule has 1 N–H and O–H groups in total. The standard InChI is InChI=1S/C13H11NO4/c1-17-10-6-2-3-7-11(10)18-12-9(13(15)16)5-4-8-14-12/h2-8H,1H3,(H,15,16). The van der Waals surface area contributed by atoms with E-state index in [4.69, 9.17) is 14.6 Å². The molecule has 0 radical (unpaired) electrons. The number of carboxylic acids is 1. The van der Waals surface area contributed by atoms with Gasteiger partial charge in [0.15, 0.2) is 11.5 Å². The van der Waals surface area contributed by atoms with Crippen LogP contribution in [0.5, 0.6) is 17.4 Å². The van der Waals surface area contributed by atoms with Crippen LogP contribution in [0.1, 0.15) is 10.4 Å². The van der Waals surface area contributed by atoms with Crippen molar-refractivity contribution in [2.75, 3.05) is 7.11 Å². The fraction of sp³-hybridized carbons (Fsp3) is 0.0769. The van der Waals surface area contributed by atoms with Gasteiger partial charge in [-0.25, -0.2) is 9.78 Å². The molecule has 92 valence electrons. The molecule has 0 atom stereocenters. The number of carboxylic acid groups (broad SMARTS) is 1. The molecule has 0 aliphatic heterocycles. The molecule has 0 saturated carbocycles. The van der Waals surface area contributed by atoms with Crippen LogP contribution >= 0.6 is 0 Å². The number of benzene rings is 1. The number of para-hydroxylation sites is 2. The zero-order valence-electron chi connectivity index (χ0n) is 9.66. The molecule has 2 aromatic rings. The largest absolute Gasteiger partial charge is 0.493 e. The molecule has 18 heavy (non-hydrogen) atoms. The number of rotatable bonds is 4. The van der Waals surface area contributed by atoms with Gasteiger partial charge in [-0.2, -0.15) is 0 Å². The van der Waals surface area contributed by atoms with Crippen LogP contribution in [0.2, 0.25) is 0 Å². The van der Waals surface area contributed by atoms with Crippen molar-refractivity contribution in [1.29, 1.82) is 0 Å². The van der Waals surface area contributed by atoms with Crippen molar-refractivity contribution in [3.05, 3.63) is 48.2 Å². The minimum atomic E-state index is -1.09. The Labute approximate surface area is 104 Å². The molecule has 0 fully saturated rings. The van der Waals surface area contributed by atoms with Crippen LogP contribution in [0, 0.1) is 0 Å². The molecule has 0 aliphatic carbocycles. The zero-order valence-corrected chi connectivity index (χ0v) is 9.66. The van der Waals surface area contributed by atoms with E-state index in [9.17, 15) is 4.79 Å². The van der Waals surface area contributed by atoms with Crippen molar-refractivity contribution in [3.63, 3.8) is 0 Å². The van der Waals surface area contributed by atoms with Gasteiger partial charge in [-0.05, 0) is 24.3 Å². The molecular weight excluding hydrogens is 234 g/mol. The zero-order chi connectivity index (χ0) is 13.0. The molecule has 2 rings (SSSR count). The van der Waals surface area contributed by atoms with E-state index in [2.05, 4.69) is 4.98 Å². The normalized spacial score (nSPS) is 9.83. The third kappa shape index (κ3) is 2.40. The second kappa shape index (κ2) is 5.18. The Kier molecular flexibility index (Phi) is 3.43. The van der Waals surface area contributed by atoms with Gasteiger partial charge in [-0.15, -0.1) is 0 Å². The van der Waals surface area contributed by atoms with Crippen LogP contribution in [0.15, 0.2) is 42.6 Å². The average molecular weight is 245 g/mol. The summed E-state index contributed by atoms with van der Waals surface area (Å²) in [6, 6.07) is 9.93. The first kappa shape index (κ1) is 11.9. The maximum absolute atomic E-state index is 11.0. The molecule has 0 saturated heterocycles. The van der Waals surface area contributed by atoms with Crippen molar-refractivity contribution in [3.8, 4) is 17.4 Å². The molecule has 0 unspecified atom stereocenters. The number of aromatic nitrogens is 1. The van der Waals surface area contributed by atoms with Gasteiger partial charge in [0, 0.05) is 6.20 Å². The van der Waals surface area contributed by atoms with Gasteiger partial charge in [-0.3, -0.25) is 0 Å². The first-order valence-electron chi connectivity index (χ1n) is 5.21. The van der Waals surface area contributed by atoms with E-state index in [1.165, 1.54) is 19.4 Å². The highest BCUT2D eigenvalue weighted by atomic mass is 16.5. The first-order valence-corrected chi connectivity index (χ1v) is 5.21. The highest BCUT2D eigenvalue weighted by Crippen LogP contribution is 2.31. The predicted molar refractivity (Wildman–Crippen MR) is 64.3 cm³/mol. The van der Waals surface area contributed by atoms with Crippen LogP contribution in [0.25, 0.3) is 0 Å². The third-order valence-corrected chi connectivity index (χ3v) is 2.28. The first-order chi connectivity index (χ1) is 8.72. The van der Waals surface area contributed by atoms with Crippen molar-refractivity contribution < 1.29 is 19.4 Å². The number of ether oxygens (including phenoxy) is 2. The smallest absolute Gasteiger partial charge is 0.341 e. The number of carbonyl (C=O) groups is 1. The Morgan fingerprint density at radius 3 is 2.56 bits per heavy atom. The summed E-state index contributed by atoms with van der Waals surface area (Å²) in [6.45, 7) is 0. The van der Waals surface area contributed by atoms with E-state index >= 15 is 0 Å². The lowest BCUT2D eigenvalue weighted by Gasteiger charge is -2.10. The molecule has 5 nitrogen and oxygen atoms in total. The lowest BCUT2D eigenvalue weighted by Crippen LogP contribution is -2.02. The van der Waals surface area contributed by atoms with Gasteiger partial charge >= 0.3 is 5.97 Å². The Hall–Kier alpha value is -2.56. The number of hydrogen-bond acceptors (Lipinski definition) is 4. The summed E-state index contributed by atoms with van der Waals surface area (Å²) >= 11 is 0. The number of nitrogens with zero attached hydrogens (tertiary/aromatic N) is 1. The molecular formula is C13H11NO4. The molecule has 0 amide bonds. The van der Waals surface area contributed by atoms with E-state index < -0.39 is 5.97 Å². The Morgan fingerprint density at radius 2 is 1.89 bits per heavy atom. The molecule has 0 spiro atoms. The molecule has 1 aromatic heterocycles. The number of methoxy groups -OCH3 is 1. The highest BCUT2D eigenvalue weighted by Gasteiger charge is 2.14. The highest BCUT2D eigenvalue weighted by molar-refractivity contribution is 5.90. The summed E-state index contributed by atoms with van der Waals surface area (Å²) in [6.07, 6.45) is 1.47. The summed E-state index contributed by atoms with van der Waals surface area (Å²) in [7, 11) is 1.51. The van der Waals surface area contributed by atoms with Crippen molar-refractivity contribution in [1.82, 2.24) is 4.98 Å². The second-order valence-corrected chi connectivity index (χ2v) is 3.41. The van der Waals surface area contributed by atoms with Crippen LogP contribution in [0.3, 0.4) is 0 Å². The minimum absolute atomic E-state index is 0.00315. The predicted octanol–water partition coefficient (Wildman–Crippen LogP) is 2.58. The average Bonchev–Trinajstić information content (AvgIpc) is 2.40. The maximum atomic E-state index is 11.0. The number of pyridine rings is 1. The summed E-state index contributed by atoms with van der Waals surface area (Å²) in [5.74, 6) is -0.122. The number of hydrogen-bond donors (Lipinski definition) is 1. The van der Waals surface area contributed by atoms with Crippen LogP contribution < -0.4 is 9.47 Å². The van der Waals surface area contributed by atoms with Crippen molar-refractivity contribution in [2.24, 2.45) is 0 Å². The minimum Gasteiger partial charge on any atom is -0.493 e. The van der Waals surface area contributed by atoms with Gasteiger partial charge < -0.3 is 14.6 Å². The maximum Gasteiger partial charge on any atom is 0.341 e. The monoisotopic (exact) mass is 245 g/mol. The van der Waals surface area contributed by atoms with Gasteiger partial charge in [0.1, 0.15) is 5.56 Å². The number of aromatic carboxylic acids is 1. The van der Waals surface area contributed by atoms with Gasteiger partial charge in [0.05, 0.1) is 7.11 Å². The molecule has 1 aromatic carbocycles. The topological polar surface area (TPSA) is 68.7 Å². The Bertz CT molecular complexity index is 568. The van der Waals surface area contributed by atoms with Gasteiger partial charge in [0.25, 0.3) is 0 Å². The Morgan fingerprint density at radius 1 is 1.17 bits per heavy atom.